The molecule has 1 amide bonds. The molecule has 4 aliphatic carbocycles. The summed E-state index contributed by atoms with van der Waals surface area (Å²) in [6, 6.07) is 0.863. The first kappa shape index (κ1) is 42.2. The highest BCUT2D eigenvalue weighted by Crippen LogP contribution is 2.61. The molecule has 0 aromatic carbocycles. The van der Waals surface area contributed by atoms with Crippen LogP contribution < -0.4 is 5.32 Å². The molecule has 2 bridgehead atoms. The van der Waals surface area contributed by atoms with Crippen LogP contribution in [0.25, 0.3) is 0 Å². The van der Waals surface area contributed by atoms with Crippen LogP contribution in [0.3, 0.4) is 0 Å². The molecule has 1 aromatic rings. The van der Waals surface area contributed by atoms with Crippen LogP contribution in [-0.4, -0.2) is 80.2 Å². The Bertz CT molecular complexity index is 1990. The summed E-state index contributed by atoms with van der Waals surface area (Å²) in [5.41, 5.74) is -3.16. The molecule has 6 aliphatic rings. The standard InChI is InChI=1S/C45H57ClN2O10/c1-7-26-21-45-39(51)34(42(55)58-45)38(50)44(8-2)27(12-10-9-11-23(3)20-43(45,6)22-29(26)41(53)54)14-15-28-30(44)16-13-24(4)37(28)57-33-19-32(49)35(25(5)56-33)48-40(52)36-31(46)17-18-47-36/h9-10,14-15,17-18,20,22,24-28,30,32-33,35,37,47,49-50H,7-8,11-13,16,19,21H2,1-6H3,(H,48,52)(H,53,54)/t24-,25+,26-,27+,28-,30+,32+,33-,35+,37-,43-,44+,45+/m0/s1. The number of carbonyl (C=O) groups excluding carboxylic acids is 3. The zero-order valence-corrected chi connectivity index (χ0v) is 34.9. The van der Waals surface area contributed by atoms with Crippen molar-refractivity contribution < 1.29 is 48.7 Å². The van der Waals surface area contributed by atoms with Crippen molar-refractivity contribution in [3.63, 3.8) is 0 Å². The zero-order chi connectivity index (χ0) is 41.9. The van der Waals surface area contributed by atoms with E-state index in [1.807, 2.05) is 26.8 Å². The molecule has 3 heterocycles. The molecule has 314 valence electrons. The number of aromatic nitrogens is 1. The van der Waals surface area contributed by atoms with Gasteiger partial charge in [-0.05, 0) is 89.0 Å². The average Bonchev–Trinajstić information content (AvgIpc) is 3.72. The van der Waals surface area contributed by atoms with Crippen molar-refractivity contribution in [2.24, 2.45) is 40.4 Å². The quantitative estimate of drug-likeness (QED) is 0.106. The van der Waals surface area contributed by atoms with Crippen molar-refractivity contribution in [1.29, 1.82) is 0 Å². The monoisotopic (exact) mass is 820 g/mol. The smallest absolute Gasteiger partial charge is 0.346 e. The number of halogens is 1. The number of carboxylic acid groups (broad SMARTS) is 1. The van der Waals surface area contributed by atoms with Gasteiger partial charge in [0, 0.05) is 35.9 Å². The summed E-state index contributed by atoms with van der Waals surface area (Å²) in [5.74, 6) is -4.56. The van der Waals surface area contributed by atoms with Gasteiger partial charge < -0.3 is 39.8 Å². The second-order valence-corrected chi connectivity index (χ2v) is 18.1. The summed E-state index contributed by atoms with van der Waals surface area (Å²) in [7, 11) is 0. The van der Waals surface area contributed by atoms with Gasteiger partial charge in [0.05, 0.1) is 34.8 Å². The molecule has 13 atom stereocenters. The van der Waals surface area contributed by atoms with E-state index in [0.29, 0.717) is 32.1 Å². The Hall–Kier alpha value is -3.97. The minimum atomic E-state index is -1.74. The third kappa shape index (κ3) is 6.81. The Balaban J connectivity index is 1.24. The van der Waals surface area contributed by atoms with E-state index >= 15 is 4.79 Å². The lowest BCUT2D eigenvalue weighted by molar-refractivity contribution is -0.258. The number of aliphatic hydroxyl groups excluding tert-OH is 2. The Morgan fingerprint density at radius 2 is 1.88 bits per heavy atom. The molecule has 2 aliphatic heterocycles. The number of ketones is 1. The van der Waals surface area contributed by atoms with Crippen LogP contribution in [-0.2, 0) is 28.6 Å². The van der Waals surface area contributed by atoms with E-state index in [2.05, 4.69) is 41.5 Å². The Kier molecular flexibility index (Phi) is 11.6. The molecule has 5 N–H and O–H groups in total. The predicted octanol–water partition coefficient (Wildman–Crippen LogP) is 7.31. The van der Waals surface area contributed by atoms with Gasteiger partial charge in [0.15, 0.2) is 11.9 Å². The summed E-state index contributed by atoms with van der Waals surface area (Å²) in [6.07, 6.45) is 14.1. The topological polar surface area (TPSA) is 184 Å². The van der Waals surface area contributed by atoms with Gasteiger partial charge in [-0.3, -0.25) is 9.59 Å². The van der Waals surface area contributed by atoms with E-state index in [0.717, 1.165) is 12.0 Å². The van der Waals surface area contributed by atoms with E-state index < -0.39 is 76.6 Å². The maximum Gasteiger partial charge on any atom is 0.346 e. The Labute approximate surface area is 344 Å². The van der Waals surface area contributed by atoms with Crippen molar-refractivity contribution in [2.45, 2.75) is 129 Å². The molecule has 0 radical (unpaired) electrons. The summed E-state index contributed by atoms with van der Waals surface area (Å²) in [6.45, 7) is 11.4. The number of nitrogens with one attached hydrogen (secondary N) is 2. The number of aromatic amines is 1. The summed E-state index contributed by atoms with van der Waals surface area (Å²) < 4.78 is 19.4. The minimum Gasteiger partial charge on any atom is -0.511 e. The van der Waals surface area contributed by atoms with E-state index in [9.17, 15) is 29.7 Å². The fourth-order valence-corrected chi connectivity index (χ4v) is 11.5. The fraction of sp³-hybridized carbons (Fsp3) is 0.600. The summed E-state index contributed by atoms with van der Waals surface area (Å²) in [4.78, 5) is 57.7. The maximum absolute atomic E-state index is 15.1. The number of hydrogen-bond donors (Lipinski definition) is 5. The number of aliphatic carboxylic acids is 1. The lowest BCUT2D eigenvalue weighted by Crippen LogP contribution is -2.58. The summed E-state index contributed by atoms with van der Waals surface area (Å²) >= 11 is 6.15. The van der Waals surface area contributed by atoms with E-state index in [1.54, 1.807) is 32.2 Å². The van der Waals surface area contributed by atoms with Crippen molar-refractivity contribution >= 4 is 35.2 Å². The molecular formula is C45H57ClN2O10. The molecule has 7 rings (SSSR count). The van der Waals surface area contributed by atoms with Crippen LogP contribution in [0.15, 0.2) is 71.2 Å². The highest BCUT2D eigenvalue weighted by Gasteiger charge is 2.67. The van der Waals surface area contributed by atoms with Crippen LogP contribution in [0.5, 0.6) is 0 Å². The first-order chi connectivity index (χ1) is 27.5. The predicted molar refractivity (Wildman–Crippen MR) is 215 cm³/mol. The number of carboxylic acids is 1. The number of ether oxygens (including phenoxy) is 3. The Morgan fingerprint density at radius 3 is 2.53 bits per heavy atom. The fourth-order valence-electron chi connectivity index (χ4n) is 11.3. The van der Waals surface area contributed by atoms with Crippen LogP contribution in [0, 0.1) is 40.4 Å². The van der Waals surface area contributed by atoms with Gasteiger partial charge in [0.25, 0.3) is 5.91 Å². The number of allylic oxidation sites excluding steroid dienone is 5. The van der Waals surface area contributed by atoms with Crippen molar-refractivity contribution in [2.75, 3.05) is 0 Å². The highest BCUT2D eigenvalue weighted by atomic mass is 35.5. The number of H-pyrrole nitrogens is 1. The Morgan fingerprint density at radius 1 is 1.12 bits per heavy atom. The molecular weight excluding hydrogens is 764 g/mol. The number of hydrogen-bond acceptors (Lipinski definition) is 9. The lowest BCUT2D eigenvalue weighted by Gasteiger charge is -2.55. The molecule has 1 spiro atoms. The third-order valence-corrected chi connectivity index (χ3v) is 14.7. The van der Waals surface area contributed by atoms with Crippen LogP contribution in [0.4, 0.5) is 0 Å². The lowest BCUT2D eigenvalue weighted by atomic mass is 9.51. The van der Waals surface area contributed by atoms with Gasteiger partial charge in [-0.25, -0.2) is 9.59 Å². The number of aliphatic hydroxyl groups is 2. The summed E-state index contributed by atoms with van der Waals surface area (Å²) in [5, 5.41) is 37.5. The first-order valence-corrected chi connectivity index (χ1v) is 21.2. The normalized spacial score (nSPS) is 40.1. The second kappa shape index (κ2) is 15.9. The van der Waals surface area contributed by atoms with Gasteiger partial charge in [-0.15, -0.1) is 0 Å². The number of carbonyl (C=O) groups is 4. The van der Waals surface area contributed by atoms with Gasteiger partial charge in [-0.2, -0.15) is 0 Å². The maximum atomic E-state index is 15.1. The average molecular weight is 821 g/mol. The van der Waals surface area contributed by atoms with Crippen LogP contribution in [0.1, 0.15) is 103 Å². The van der Waals surface area contributed by atoms with Gasteiger partial charge in [0.1, 0.15) is 17.0 Å². The number of Topliss-reactive ketones (excluding diaryl/α,β-unsaturated/α-hetero) is 1. The van der Waals surface area contributed by atoms with Crippen molar-refractivity contribution in [3.05, 3.63) is 81.9 Å². The number of fused-ring (bicyclic) bond motifs is 4. The molecule has 0 unspecified atom stereocenters. The van der Waals surface area contributed by atoms with Gasteiger partial charge >= 0.3 is 11.9 Å². The molecule has 3 fully saturated rings. The molecule has 13 heteroatoms. The highest BCUT2D eigenvalue weighted by molar-refractivity contribution is 6.33. The largest absolute Gasteiger partial charge is 0.511 e. The number of rotatable bonds is 7. The van der Waals surface area contributed by atoms with Crippen molar-refractivity contribution in [1.82, 2.24) is 10.3 Å². The molecule has 2 saturated heterocycles. The van der Waals surface area contributed by atoms with E-state index in [4.69, 9.17) is 25.8 Å². The second-order valence-electron chi connectivity index (χ2n) is 17.7. The van der Waals surface area contributed by atoms with Gasteiger partial charge in [-0.1, -0.05) is 74.4 Å². The van der Waals surface area contributed by atoms with E-state index in [1.165, 1.54) is 0 Å². The minimum absolute atomic E-state index is 0.0169. The first-order valence-electron chi connectivity index (χ1n) is 20.8. The SMILES string of the molecule is CC[C@H]1C[C@]23OC(=O)C(=C(O)[C@@]4(CC)[C@@H]5CC[C@H](C)[C@H](O[C@H]6C[C@@H](O)[C@H](NC(=O)c7[nH]ccc7Cl)[C@@H](C)O6)[C@H]5C=C[C@H]4CC=CCC(C)=C[C@@]2(C)C=C1C(=O)O)C3=O. The molecule has 1 aromatic heterocycles. The zero-order valence-electron chi connectivity index (χ0n) is 34.1. The molecule has 1 saturated carbocycles. The molecule has 12 nitrogen and oxygen atoms in total. The number of amides is 1. The van der Waals surface area contributed by atoms with Crippen LogP contribution >= 0.6 is 11.6 Å². The van der Waals surface area contributed by atoms with E-state index in [-0.39, 0.29) is 64.1 Å². The van der Waals surface area contributed by atoms with Crippen LogP contribution in [0.2, 0.25) is 5.02 Å². The molecule has 58 heavy (non-hydrogen) atoms. The third-order valence-electron chi connectivity index (χ3n) is 14.4. The number of esters is 1. The van der Waals surface area contributed by atoms with Gasteiger partial charge in [0.2, 0.25) is 5.78 Å². The van der Waals surface area contributed by atoms with Crippen molar-refractivity contribution in [3.8, 4) is 0 Å².